The first-order chi connectivity index (χ1) is 11.4. The van der Waals surface area contributed by atoms with Crippen molar-refractivity contribution in [3.05, 3.63) is 69.0 Å². The zero-order chi connectivity index (χ0) is 17.4. The van der Waals surface area contributed by atoms with Crippen LogP contribution in [0.2, 0.25) is 0 Å². The minimum absolute atomic E-state index is 0.0374. The molecule has 0 unspecified atom stereocenters. The number of nitro groups is 1. The fraction of sp³-hybridized carbons (Fsp3) is 0.125. The number of non-ortho nitro benzene ring substituents is 1. The predicted molar refractivity (Wildman–Crippen MR) is 80.3 cm³/mol. The Kier molecular flexibility index (Phi) is 3.72. The molecule has 2 aromatic rings. The van der Waals surface area contributed by atoms with E-state index in [0.29, 0.717) is 11.3 Å². The van der Waals surface area contributed by atoms with Crippen molar-refractivity contribution in [2.24, 2.45) is 0 Å². The highest BCUT2D eigenvalue weighted by atomic mass is 19.1. The van der Waals surface area contributed by atoms with E-state index in [4.69, 9.17) is 4.74 Å². The van der Waals surface area contributed by atoms with Crippen molar-refractivity contribution < 1.29 is 23.6 Å². The molecule has 0 atom stereocenters. The van der Waals surface area contributed by atoms with Crippen LogP contribution in [0.5, 0.6) is 5.75 Å². The summed E-state index contributed by atoms with van der Waals surface area (Å²) in [5, 5.41) is 10.8. The summed E-state index contributed by atoms with van der Waals surface area (Å²) in [5.74, 6) is -1.45. The van der Waals surface area contributed by atoms with Crippen LogP contribution in [0.15, 0.2) is 36.4 Å². The number of benzene rings is 2. The third-order valence-corrected chi connectivity index (χ3v) is 3.74. The summed E-state index contributed by atoms with van der Waals surface area (Å²) in [4.78, 5) is 35.9. The molecule has 3 rings (SSSR count). The number of halogens is 1. The number of ether oxygens (including phenoxy) is 1. The first-order valence-electron chi connectivity index (χ1n) is 6.89. The van der Waals surface area contributed by atoms with Crippen molar-refractivity contribution in [3.8, 4) is 5.75 Å². The molecule has 0 aliphatic carbocycles. The van der Waals surface area contributed by atoms with Gasteiger partial charge in [-0.2, -0.15) is 0 Å². The van der Waals surface area contributed by atoms with Gasteiger partial charge in [0.25, 0.3) is 17.5 Å². The Labute approximate surface area is 135 Å². The van der Waals surface area contributed by atoms with Crippen molar-refractivity contribution >= 4 is 17.5 Å². The number of imide groups is 1. The summed E-state index contributed by atoms with van der Waals surface area (Å²) in [6.45, 7) is -0.193. The molecule has 0 bridgehead atoms. The molecule has 0 aromatic heterocycles. The smallest absolute Gasteiger partial charge is 0.270 e. The number of nitro benzene ring substituents is 1. The molecular formula is C16H11FN2O5. The maximum Gasteiger partial charge on any atom is 0.270 e. The van der Waals surface area contributed by atoms with Gasteiger partial charge in [-0.1, -0.05) is 0 Å². The van der Waals surface area contributed by atoms with Gasteiger partial charge in [0, 0.05) is 17.7 Å². The summed E-state index contributed by atoms with van der Waals surface area (Å²) in [6, 6.07) is 7.25. The normalized spacial score (nSPS) is 13.2. The Bertz CT molecular complexity index is 881. The minimum atomic E-state index is -0.662. The standard InChI is InChI=1S/C16H11FN2O5/c1-24-14-5-2-10(17)6-9(14)8-18-15(20)12-4-3-11(19(22)23)7-13(12)16(18)21/h2-7H,8H2,1H3. The lowest BCUT2D eigenvalue weighted by Crippen LogP contribution is -2.29. The monoisotopic (exact) mass is 330 g/mol. The van der Waals surface area contributed by atoms with Crippen molar-refractivity contribution in [3.63, 3.8) is 0 Å². The van der Waals surface area contributed by atoms with E-state index < -0.39 is 22.6 Å². The van der Waals surface area contributed by atoms with Crippen molar-refractivity contribution in [1.82, 2.24) is 4.90 Å². The number of carbonyl (C=O) groups excluding carboxylic acids is 2. The molecule has 8 heteroatoms. The second-order valence-electron chi connectivity index (χ2n) is 5.14. The van der Waals surface area contributed by atoms with Crippen molar-refractivity contribution in [1.29, 1.82) is 0 Å². The van der Waals surface area contributed by atoms with Gasteiger partial charge in [-0.3, -0.25) is 24.6 Å². The molecule has 0 fully saturated rings. The third-order valence-electron chi connectivity index (χ3n) is 3.74. The second kappa shape index (κ2) is 5.73. The lowest BCUT2D eigenvalue weighted by Gasteiger charge is -2.16. The van der Waals surface area contributed by atoms with Crippen molar-refractivity contribution in [2.75, 3.05) is 7.11 Å². The molecular weight excluding hydrogens is 319 g/mol. The van der Waals surface area contributed by atoms with Crippen LogP contribution in [0.1, 0.15) is 26.3 Å². The van der Waals surface area contributed by atoms with Gasteiger partial charge in [0.2, 0.25) is 0 Å². The fourth-order valence-electron chi connectivity index (χ4n) is 2.58. The summed E-state index contributed by atoms with van der Waals surface area (Å²) < 4.78 is 18.5. The van der Waals surface area contributed by atoms with Gasteiger partial charge in [0.05, 0.1) is 29.7 Å². The first-order valence-corrected chi connectivity index (χ1v) is 6.89. The molecule has 0 N–H and O–H groups in total. The molecule has 1 aliphatic rings. The molecule has 2 amide bonds. The zero-order valence-corrected chi connectivity index (χ0v) is 12.5. The molecule has 2 aromatic carbocycles. The highest BCUT2D eigenvalue weighted by Gasteiger charge is 2.37. The van der Waals surface area contributed by atoms with Crippen LogP contribution in [0, 0.1) is 15.9 Å². The summed E-state index contributed by atoms with van der Waals surface area (Å²) in [7, 11) is 1.39. The lowest BCUT2D eigenvalue weighted by molar-refractivity contribution is -0.384. The second-order valence-corrected chi connectivity index (χ2v) is 5.14. The lowest BCUT2D eigenvalue weighted by atomic mass is 10.1. The fourth-order valence-corrected chi connectivity index (χ4v) is 2.58. The number of amides is 2. The SMILES string of the molecule is COc1ccc(F)cc1CN1C(=O)c2ccc([N+](=O)[O-])cc2C1=O. The molecule has 1 heterocycles. The van der Waals surface area contributed by atoms with Gasteiger partial charge in [-0.05, 0) is 24.3 Å². The largest absolute Gasteiger partial charge is 0.496 e. The Morgan fingerprint density at radius 2 is 1.83 bits per heavy atom. The summed E-state index contributed by atoms with van der Waals surface area (Å²) in [6.07, 6.45) is 0. The van der Waals surface area contributed by atoms with E-state index in [-0.39, 0.29) is 23.4 Å². The zero-order valence-electron chi connectivity index (χ0n) is 12.5. The van der Waals surface area contributed by atoms with Gasteiger partial charge in [0.15, 0.2) is 0 Å². The first kappa shape index (κ1) is 15.6. The molecule has 0 spiro atoms. The van der Waals surface area contributed by atoms with E-state index in [1.165, 1.54) is 31.4 Å². The van der Waals surface area contributed by atoms with Crippen LogP contribution in [-0.2, 0) is 6.54 Å². The number of hydrogen-bond donors (Lipinski definition) is 0. The van der Waals surface area contributed by atoms with Crippen LogP contribution < -0.4 is 4.74 Å². The number of fused-ring (bicyclic) bond motifs is 1. The number of methoxy groups -OCH3 is 1. The van der Waals surface area contributed by atoms with E-state index in [9.17, 15) is 24.1 Å². The molecule has 24 heavy (non-hydrogen) atoms. The van der Waals surface area contributed by atoms with Gasteiger partial charge in [-0.15, -0.1) is 0 Å². The average molecular weight is 330 g/mol. The maximum atomic E-state index is 13.4. The molecule has 0 saturated heterocycles. The summed E-state index contributed by atoms with van der Waals surface area (Å²) >= 11 is 0. The van der Waals surface area contributed by atoms with Crippen molar-refractivity contribution in [2.45, 2.75) is 6.54 Å². The van der Waals surface area contributed by atoms with Crippen LogP contribution in [0.25, 0.3) is 0 Å². The van der Waals surface area contributed by atoms with E-state index in [0.717, 1.165) is 17.0 Å². The average Bonchev–Trinajstić information content (AvgIpc) is 2.79. The molecule has 0 saturated carbocycles. The molecule has 1 aliphatic heterocycles. The topological polar surface area (TPSA) is 89.8 Å². The number of hydrogen-bond acceptors (Lipinski definition) is 5. The predicted octanol–water partition coefficient (Wildman–Crippen LogP) is 2.54. The molecule has 7 nitrogen and oxygen atoms in total. The number of rotatable bonds is 4. The highest BCUT2D eigenvalue weighted by Crippen LogP contribution is 2.30. The van der Waals surface area contributed by atoms with E-state index in [2.05, 4.69) is 0 Å². The van der Waals surface area contributed by atoms with Crippen LogP contribution in [0.3, 0.4) is 0 Å². The molecule has 122 valence electrons. The quantitative estimate of drug-likeness (QED) is 0.488. The van der Waals surface area contributed by atoms with Gasteiger partial charge in [-0.25, -0.2) is 4.39 Å². The van der Waals surface area contributed by atoms with Crippen LogP contribution >= 0.6 is 0 Å². The minimum Gasteiger partial charge on any atom is -0.496 e. The number of carbonyl (C=O) groups is 2. The Morgan fingerprint density at radius 3 is 2.50 bits per heavy atom. The van der Waals surface area contributed by atoms with Gasteiger partial charge in [0.1, 0.15) is 11.6 Å². The Hall–Kier alpha value is -3.29. The number of nitrogens with zero attached hydrogens (tertiary/aromatic N) is 2. The Balaban J connectivity index is 1.97. The maximum absolute atomic E-state index is 13.4. The third kappa shape index (κ3) is 2.47. The molecule has 0 radical (unpaired) electrons. The van der Waals surface area contributed by atoms with E-state index in [1.54, 1.807) is 0 Å². The van der Waals surface area contributed by atoms with E-state index in [1.807, 2.05) is 0 Å². The van der Waals surface area contributed by atoms with E-state index >= 15 is 0 Å². The highest BCUT2D eigenvalue weighted by molar-refractivity contribution is 6.21. The van der Waals surface area contributed by atoms with Crippen LogP contribution in [0.4, 0.5) is 10.1 Å². The summed E-state index contributed by atoms with van der Waals surface area (Å²) in [5.41, 5.74) is 0.0899. The van der Waals surface area contributed by atoms with Gasteiger partial charge >= 0.3 is 0 Å². The van der Waals surface area contributed by atoms with Crippen LogP contribution in [-0.4, -0.2) is 28.7 Å². The Morgan fingerprint density at radius 1 is 1.12 bits per heavy atom. The van der Waals surface area contributed by atoms with Gasteiger partial charge < -0.3 is 4.74 Å².